The van der Waals surface area contributed by atoms with Crippen molar-refractivity contribution in [3.05, 3.63) is 164 Å². The third-order valence-electron chi connectivity index (χ3n) is 8.20. The number of rotatable bonds is 4. The summed E-state index contributed by atoms with van der Waals surface area (Å²) >= 11 is 0. The molecular weight excluding hydrogens is 494 g/mol. The molecule has 0 atom stereocenters. The molecule has 0 aliphatic carbocycles. The van der Waals surface area contributed by atoms with Crippen LogP contribution < -0.4 is 4.90 Å². The monoisotopic (exact) mass is 521 g/mol. The SMILES string of the molecule is c1ccc2cc(-c3ccc(N(c4cccc5ccccc45)c4cc5ccccc5c5ccccc45)cc3)ccc2c1. The number of nitrogens with zero attached hydrogens (tertiary/aromatic N) is 1. The summed E-state index contributed by atoms with van der Waals surface area (Å²) < 4.78 is 0. The summed E-state index contributed by atoms with van der Waals surface area (Å²) in [5, 5.41) is 9.98. The van der Waals surface area contributed by atoms with Crippen molar-refractivity contribution in [1.29, 1.82) is 0 Å². The molecule has 0 aliphatic rings. The fourth-order valence-corrected chi connectivity index (χ4v) is 6.20. The topological polar surface area (TPSA) is 3.24 Å². The summed E-state index contributed by atoms with van der Waals surface area (Å²) in [5.41, 5.74) is 5.91. The van der Waals surface area contributed by atoms with E-state index in [0.717, 1.165) is 5.69 Å². The van der Waals surface area contributed by atoms with Crippen LogP contribution in [0, 0.1) is 0 Å². The lowest BCUT2D eigenvalue weighted by Gasteiger charge is -2.29. The number of hydrogen-bond acceptors (Lipinski definition) is 1. The molecular formula is C40H27N. The van der Waals surface area contributed by atoms with Crippen molar-refractivity contribution < 1.29 is 0 Å². The van der Waals surface area contributed by atoms with Crippen molar-refractivity contribution in [2.45, 2.75) is 0 Å². The molecule has 192 valence electrons. The van der Waals surface area contributed by atoms with Gasteiger partial charge in [-0.1, -0.05) is 133 Å². The first-order valence-corrected chi connectivity index (χ1v) is 14.1. The lowest BCUT2D eigenvalue weighted by Crippen LogP contribution is -2.11. The Bertz CT molecular complexity index is 2200. The maximum Gasteiger partial charge on any atom is 0.0546 e. The highest BCUT2D eigenvalue weighted by atomic mass is 15.1. The third kappa shape index (κ3) is 4.02. The van der Waals surface area contributed by atoms with E-state index in [-0.39, 0.29) is 0 Å². The Morgan fingerprint density at radius 1 is 0.293 bits per heavy atom. The third-order valence-corrected chi connectivity index (χ3v) is 8.20. The van der Waals surface area contributed by atoms with Gasteiger partial charge in [-0.05, 0) is 73.8 Å². The number of anilines is 3. The Balaban J connectivity index is 1.36. The highest BCUT2D eigenvalue weighted by Gasteiger charge is 2.19. The molecule has 0 bridgehead atoms. The molecule has 0 amide bonds. The maximum absolute atomic E-state index is 2.43. The lowest BCUT2D eigenvalue weighted by molar-refractivity contribution is 1.32. The molecule has 0 fully saturated rings. The minimum Gasteiger partial charge on any atom is -0.309 e. The zero-order chi connectivity index (χ0) is 27.2. The Labute approximate surface area is 239 Å². The van der Waals surface area contributed by atoms with E-state index in [1.165, 1.54) is 65.6 Å². The zero-order valence-electron chi connectivity index (χ0n) is 22.5. The second kappa shape index (κ2) is 9.66. The highest BCUT2D eigenvalue weighted by molar-refractivity contribution is 6.15. The van der Waals surface area contributed by atoms with E-state index in [0.29, 0.717) is 0 Å². The van der Waals surface area contributed by atoms with Crippen molar-refractivity contribution >= 4 is 60.2 Å². The smallest absolute Gasteiger partial charge is 0.0546 e. The summed E-state index contributed by atoms with van der Waals surface area (Å²) in [6.07, 6.45) is 0. The molecule has 0 saturated heterocycles. The number of fused-ring (bicyclic) bond motifs is 5. The van der Waals surface area contributed by atoms with Gasteiger partial charge in [-0.3, -0.25) is 0 Å². The minimum atomic E-state index is 1.13. The molecule has 0 aromatic heterocycles. The van der Waals surface area contributed by atoms with E-state index in [2.05, 4.69) is 169 Å². The molecule has 8 rings (SSSR count). The summed E-state index contributed by atoms with van der Waals surface area (Å²) in [6.45, 7) is 0. The van der Waals surface area contributed by atoms with Gasteiger partial charge in [-0.2, -0.15) is 0 Å². The van der Waals surface area contributed by atoms with Crippen molar-refractivity contribution in [3.8, 4) is 11.1 Å². The van der Waals surface area contributed by atoms with Crippen LogP contribution in [0.3, 0.4) is 0 Å². The first-order chi connectivity index (χ1) is 20.3. The van der Waals surface area contributed by atoms with Crippen LogP contribution in [0.1, 0.15) is 0 Å². The second-order valence-corrected chi connectivity index (χ2v) is 10.6. The predicted molar refractivity (Wildman–Crippen MR) is 177 cm³/mol. The fourth-order valence-electron chi connectivity index (χ4n) is 6.20. The molecule has 0 heterocycles. The van der Waals surface area contributed by atoms with Crippen LogP contribution in [0.2, 0.25) is 0 Å². The molecule has 0 aliphatic heterocycles. The van der Waals surface area contributed by atoms with Gasteiger partial charge in [0, 0.05) is 16.5 Å². The van der Waals surface area contributed by atoms with Crippen LogP contribution in [-0.2, 0) is 0 Å². The van der Waals surface area contributed by atoms with Crippen LogP contribution in [0.4, 0.5) is 17.1 Å². The Hall–Kier alpha value is -5.40. The van der Waals surface area contributed by atoms with Crippen molar-refractivity contribution in [2.75, 3.05) is 4.90 Å². The maximum atomic E-state index is 2.43. The zero-order valence-corrected chi connectivity index (χ0v) is 22.5. The molecule has 8 aromatic carbocycles. The Kier molecular flexibility index (Phi) is 5.53. The summed E-state index contributed by atoms with van der Waals surface area (Å²) in [4.78, 5) is 2.43. The van der Waals surface area contributed by atoms with Crippen LogP contribution >= 0.6 is 0 Å². The Morgan fingerprint density at radius 2 is 0.878 bits per heavy atom. The Morgan fingerprint density at radius 3 is 1.68 bits per heavy atom. The highest BCUT2D eigenvalue weighted by Crippen LogP contribution is 2.44. The minimum absolute atomic E-state index is 1.13. The van der Waals surface area contributed by atoms with E-state index in [1.54, 1.807) is 0 Å². The van der Waals surface area contributed by atoms with Gasteiger partial charge in [0.1, 0.15) is 0 Å². The van der Waals surface area contributed by atoms with Crippen molar-refractivity contribution in [3.63, 3.8) is 0 Å². The predicted octanol–water partition coefficient (Wildman–Crippen LogP) is 11.4. The van der Waals surface area contributed by atoms with Gasteiger partial charge in [-0.25, -0.2) is 0 Å². The van der Waals surface area contributed by atoms with Gasteiger partial charge >= 0.3 is 0 Å². The molecule has 1 heteroatoms. The molecule has 1 nitrogen and oxygen atoms in total. The van der Waals surface area contributed by atoms with E-state index >= 15 is 0 Å². The number of benzene rings is 8. The van der Waals surface area contributed by atoms with Crippen molar-refractivity contribution in [1.82, 2.24) is 0 Å². The fraction of sp³-hybridized carbons (Fsp3) is 0. The van der Waals surface area contributed by atoms with Crippen LogP contribution in [-0.4, -0.2) is 0 Å². The molecule has 0 unspecified atom stereocenters. The van der Waals surface area contributed by atoms with Crippen LogP contribution in [0.25, 0.3) is 54.2 Å². The van der Waals surface area contributed by atoms with E-state index in [1.807, 2.05) is 0 Å². The standard InChI is InChI=1S/C40H27N/c1-2-12-31-26-32(21-20-28(31)10-1)29-22-24-34(25-23-29)41(39-19-9-14-30-11-3-6-16-36(30)39)40-27-33-13-4-5-15-35(33)37-17-7-8-18-38(37)40/h1-27H. The van der Waals surface area contributed by atoms with Gasteiger partial charge in [-0.15, -0.1) is 0 Å². The summed E-state index contributed by atoms with van der Waals surface area (Å²) in [7, 11) is 0. The van der Waals surface area contributed by atoms with Gasteiger partial charge < -0.3 is 4.90 Å². The molecule has 0 saturated carbocycles. The largest absolute Gasteiger partial charge is 0.309 e. The number of hydrogen-bond donors (Lipinski definition) is 0. The van der Waals surface area contributed by atoms with Crippen LogP contribution in [0.15, 0.2) is 164 Å². The van der Waals surface area contributed by atoms with Gasteiger partial charge in [0.2, 0.25) is 0 Å². The molecule has 0 spiro atoms. The van der Waals surface area contributed by atoms with E-state index in [9.17, 15) is 0 Å². The van der Waals surface area contributed by atoms with Crippen molar-refractivity contribution in [2.24, 2.45) is 0 Å². The van der Waals surface area contributed by atoms with Crippen LogP contribution in [0.5, 0.6) is 0 Å². The first kappa shape index (κ1) is 23.5. The average molecular weight is 522 g/mol. The first-order valence-electron chi connectivity index (χ1n) is 14.1. The molecule has 0 radical (unpaired) electrons. The molecule has 0 N–H and O–H groups in total. The second-order valence-electron chi connectivity index (χ2n) is 10.6. The van der Waals surface area contributed by atoms with Gasteiger partial charge in [0.05, 0.1) is 11.4 Å². The normalized spacial score (nSPS) is 11.4. The summed E-state index contributed by atoms with van der Waals surface area (Å²) in [5.74, 6) is 0. The quantitative estimate of drug-likeness (QED) is 0.208. The molecule has 41 heavy (non-hydrogen) atoms. The lowest BCUT2D eigenvalue weighted by atomic mass is 9.97. The van der Waals surface area contributed by atoms with E-state index in [4.69, 9.17) is 0 Å². The summed E-state index contributed by atoms with van der Waals surface area (Å²) in [6, 6.07) is 59.3. The molecule has 8 aromatic rings. The average Bonchev–Trinajstić information content (AvgIpc) is 3.05. The van der Waals surface area contributed by atoms with E-state index < -0.39 is 0 Å². The van der Waals surface area contributed by atoms with Gasteiger partial charge in [0.15, 0.2) is 0 Å². The van der Waals surface area contributed by atoms with Gasteiger partial charge in [0.25, 0.3) is 0 Å².